The van der Waals surface area contributed by atoms with E-state index >= 15 is 0 Å². The number of fused-ring (bicyclic) bond motifs is 1. The summed E-state index contributed by atoms with van der Waals surface area (Å²) in [5, 5.41) is 15.2. The van der Waals surface area contributed by atoms with Gasteiger partial charge in [-0.15, -0.1) is 0 Å². The van der Waals surface area contributed by atoms with Crippen molar-refractivity contribution in [1.29, 1.82) is 0 Å². The molecule has 0 bridgehead atoms. The summed E-state index contributed by atoms with van der Waals surface area (Å²) >= 11 is 0. The molecule has 1 aliphatic heterocycles. The molecular weight excluding hydrogens is 488 g/mol. The first-order valence-corrected chi connectivity index (χ1v) is 12.1. The number of hydrogen-bond donors (Lipinski definition) is 1. The number of nitro benzene ring substituents is 1. The lowest BCUT2D eigenvalue weighted by atomic mass is 9.92. The first kappa shape index (κ1) is 26.6. The zero-order valence-corrected chi connectivity index (χ0v) is 21.8. The van der Waals surface area contributed by atoms with Crippen LogP contribution in [0, 0.1) is 10.1 Å². The van der Waals surface area contributed by atoms with Gasteiger partial charge in [-0.3, -0.25) is 19.8 Å². The van der Waals surface area contributed by atoms with Crippen LogP contribution in [0.4, 0.5) is 5.69 Å². The molecule has 1 aliphatic rings. The molecule has 0 aliphatic carbocycles. The normalized spacial score (nSPS) is 15.1. The fourth-order valence-electron chi connectivity index (χ4n) is 4.68. The van der Waals surface area contributed by atoms with Gasteiger partial charge in [-0.05, 0) is 66.4 Å². The minimum Gasteiger partial charge on any atom is -0.496 e. The van der Waals surface area contributed by atoms with E-state index in [1.807, 2.05) is 24.3 Å². The van der Waals surface area contributed by atoms with Crippen LogP contribution in [-0.2, 0) is 13.0 Å². The minimum absolute atomic E-state index is 0.0568. The summed E-state index contributed by atoms with van der Waals surface area (Å²) in [7, 11) is 4.91. The number of nitrogens with one attached hydrogen (secondary N) is 1. The van der Waals surface area contributed by atoms with E-state index in [-0.39, 0.29) is 17.3 Å². The quantitative estimate of drug-likeness (QED) is 0.252. The number of para-hydroxylation sites is 1. The molecule has 1 N–H and O–H groups in total. The fourth-order valence-corrected chi connectivity index (χ4v) is 4.68. The second kappa shape index (κ2) is 11.7. The van der Waals surface area contributed by atoms with Crippen LogP contribution in [0.15, 0.2) is 59.7 Å². The highest BCUT2D eigenvalue weighted by Crippen LogP contribution is 2.39. The summed E-state index contributed by atoms with van der Waals surface area (Å²) in [6.45, 7) is 3.67. The average molecular weight is 519 g/mol. The molecule has 0 aromatic heterocycles. The van der Waals surface area contributed by atoms with Crippen molar-refractivity contribution < 1.29 is 23.9 Å². The standard InChI is InChI=1S/C28H30N4O6/c1-18-23-15-27(38-4)26(37-3)14-20(23)11-12-31(18)17-21-13-19(9-10-25(21)36-2)16-29-30-28(33)22-7-5-6-8-24(22)32(34)35/h5-10,13-16,18H,11-12,17H2,1-4H3,(H,30,33)/b29-16-/t18-/m0/s1. The van der Waals surface area contributed by atoms with E-state index in [1.165, 1.54) is 35.5 Å². The van der Waals surface area contributed by atoms with Crippen molar-refractivity contribution in [3.63, 3.8) is 0 Å². The van der Waals surface area contributed by atoms with Crippen LogP contribution in [0.2, 0.25) is 0 Å². The number of amides is 1. The lowest BCUT2D eigenvalue weighted by Crippen LogP contribution is -2.33. The third-order valence-electron chi connectivity index (χ3n) is 6.71. The van der Waals surface area contributed by atoms with Crippen LogP contribution in [0.25, 0.3) is 0 Å². The van der Waals surface area contributed by atoms with Crippen LogP contribution in [0.5, 0.6) is 17.2 Å². The van der Waals surface area contributed by atoms with Crippen LogP contribution in [0.1, 0.15) is 45.6 Å². The van der Waals surface area contributed by atoms with Crippen molar-refractivity contribution >= 4 is 17.8 Å². The smallest absolute Gasteiger partial charge is 0.282 e. The SMILES string of the molecule is COc1ccc(/C=N\NC(=O)c2ccccc2[N+](=O)[O-])cc1CN1CCc2cc(OC)c(OC)cc2[C@@H]1C. The zero-order chi connectivity index (χ0) is 27.2. The van der Waals surface area contributed by atoms with Crippen molar-refractivity contribution in [3.05, 3.63) is 92.5 Å². The number of carbonyl (C=O) groups excluding carboxylic acids is 1. The second-order valence-corrected chi connectivity index (χ2v) is 8.85. The molecule has 10 heteroatoms. The number of hydrazone groups is 1. The number of carbonyl (C=O) groups is 1. The predicted molar refractivity (Wildman–Crippen MR) is 143 cm³/mol. The lowest BCUT2D eigenvalue weighted by Gasteiger charge is -2.36. The summed E-state index contributed by atoms with van der Waals surface area (Å²) in [6, 6.07) is 15.6. The number of nitrogens with zero attached hydrogens (tertiary/aromatic N) is 3. The maximum Gasteiger partial charge on any atom is 0.282 e. The van der Waals surface area contributed by atoms with Gasteiger partial charge >= 0.3 is 0 Å². The molecule has 0 saturated carbocycles. The van der Waals surface area contributed by atoms with Crippen molar-refractivity contribution in [2.24, 2.45) is 5.10 Å². The molecule has 0 fully saturated rings. The Kier molecular flexibility index (Phi) is 8.22. The van der Waals surface area contributed by atoms with Gasteiger partial charge in [-0.2, -0.15) is 5.10 Å². The number of benzene rings is 3. The first-order chi connectivity index (χ1) is 18.4. The summed E-state index contributed by atoms with van der Waals surface area (Å²) in [5.74, 6) is 1.53. The number of nitro groups is 1. The van der Waals surface area contributed by atoms with Gasteiger partial charge in [0.05, 0.1) is 32.5 Å². The predicted octanol–water partition coefficient (Wildman–Crippen LogP) is 4.50. The molecule has 3 aromatic rings. The van der Waals surface area contributed by atoms with E-state index in [2.05, 4.69) is 28.4 Å². The Balaban J connectivity index is 1.50. The van der Waals surface area contributed by atoms with Gasteiger partial charge in [-0.25, -0.2) is 5.43 Å². The maximum atomic E-state index is 12.4. The Hall–Kier alpha value is -4.44. The van der Waals surface area contributed by atoms with E-state index in [0.717, 1.165) is 35.6 Å². The first-order valence-electron chi connectivity index (χ1n) is 12.1. The summed E-state index contributed by atoms with van der Waals surface area (Å²) < 4.78 is 16.6. The number of methoxy groups -OCH3 is 3. The Morgan fingerprint density at radius 3 is 2.50 bits per heavy atom. The van der Waals surface area contributed by atoms with Gasteiger partial charge in [-0.1, -0.05) is 12.1 Å². The average Bonchev–Trinajstić information content (AvgIpc) is 2.94. The highest BCUT2D eigenvalue weighted by Gasteiger charge is 2.27. The second-order valence-electron chi connectivity index (χ2n) is 8.85. The molecule has 3 aromatic carbocycles. The molecule has 0 unspecified atom stereocenters. The van der Waals surface area contributed by atoms with E-state index in [0.29, 0.717) is 12.3 Å². The number of hydrogen-bond acceptors (Lipinski definition) is 8. The highest BCUT2D eigenvalue weighted by molar-refractivity contribution is 5.98. The lowest BCUT2D eigenvalue weighted by molar-refractivity contribution is -0.385. The molecule has 0 saturated heterocycles. The molecule has 38 heavy (non-hydrogen) atoms. The Morgan fingerprint density at radius 1 is 1.08 bits per heavy atom. The zero-order valence-electron chi connectivity index (χ0n) is 21.8. The minimum atomic E-state index is -0.657. The third kappa shape index (κ3) is 5.60. The largest absolute Gasteiger partial charge is 0.496 e. The van der Waals surface area contributed by atoms with Crippen molar-refractivity contribution in [2.75, 3.05) is 27.9 Å². The molecule has 198 valence electrons. The van der Waals surface area contributed by atoms with Gasteiger partial charge in [0.25, 0.3) is 11.6 Å². The highest BCUT2D eigenvalue weighted by atomic mass is 16.6. The van der Waals surface area contributed by atoms with E-state index in [1.54, 1.807) is 27.4 Å². The van der Waals surface area contributed by atoms with Gasteiger partial charge in [0, 0.05) is 30.8 Å². The summed E-state index contributed by atoms with van der Waals surface area (Å²) in [6.07, 6.45) is 2.38. The molecule has 0 spiro atoms. The van der Waals surface area contributed by atoms with Gasteiger partial charge in [0.15, 0.2) is 11.5 Å². The molecule has 1 heterocycles. The van der Waals surface area contributed by atoms with Crippen LogP contribution in [-0.4, -0.2) is 49.8 Å². The van der Waals surface area contributed by atoms with E-state index in [4.69, 9.17) is 14.2 Å². The van der Waals surface area contributed by atoms with Crippen LogP contribution in [0.3, 0.4) is 0 Å². The van der Waals surface area contributed by atoms with Gasteiger partial charge < -0.3 is 14.2 Å². The number of rotatable bonds is 9. The van der Waals surface area contributed by atoms with Crippen molar-refractivity contribution in [3.8, 4) is 17.2 Å². The van der Waals surface area contributed by atoms with Crippen LogP contribution >= 0.6 is 0 Å². The number of ether oxygens (including phenoxy) is 3. The maximum absolute atomic E-state index is 12.4. The Labute approximate surface area is 221 Å². The third-order valence-corrected chi connectivity index (χ3v) is 6.71. The summed E-state index contributed by atoms with van der Waals surface area (Å²) in [4.78, 5) is 25.4. The Morgan fingerprint density at radius 2 is 1.79 bits per heavy atom. The van der Waals surface area contributed by atoms with E-state index < -0.39 is 10.8 Å². The molecule has 1 amide bonds. The molecular formula is C28H30N4O6. The molecule has 4 rings (SSSR count). The van der Waals surface area contributed by atoms with Crippen molar-refractivity contribution in [2.45, 2.75) is 25.9 Å². The van der Waals surface area contributed by atoms with Crippen LogP contribution < -0.4 is 19.6 Å². The molecule has 1 atom stereocenters. The van der Waals surface area contributed by atoms with E-state index in [9.17, 15) is 14.9 Å². The molecule has 10 nitrogen and oxygen atoms in total. The fraction of sp³-hybridized carbons (Fsp3) is 0.286. The Bertz CT molecular complexity index is 1370. The van der Waals surface area contributed by atoms with Crippen molar-refractivity contribution in [1.82, 2.24) is 10.3 Å². The monoisotopic (exact) mass is 518 g/mol. The molecule has 0 radical (unpaired) electrons. The van der Waals surface area contributed by atoms with Gasteiger partial charge in [0.2, 0.25) is 0 Å². The summed E-state index contributed by atoms with van der Waals surface area (Å²) in [5.41, 5.74) is 6.20. The van der Waals surface area contributed by atoms with Gasteiger partial charge in [0.1, 0.15) is 11.3 Å². The topological polar surface area (TPSA) is 116 Å².